The molecule has 1 fully saturated rings. The van der Waals surface area contributed by atoms with E-state index in [1.54, 1.807) is 23.4 Å². The molecule has 4 heterocycles. The van der Waals surface area contributed by atoms with E-state index >= 15 is 0 Å². The van der Waals surface area contributed by atoms with Gasteiger partial charge in [0.1, 0.15) is 12.3 Å². The number of anilines is 1. The van der Waals surface area contributed by atoms with Crippen molar-refractivity contribution in [1.82, 2.24) is 24.8 Å². The molecule has 3 aromatic heterocycles. The van der Waals surface area contributed by atoms with Gasteiger partial charge in [-0.25, -0.2) is 19.3 Å². The summed E-state index contributed by atoms with van der Waals surface area (Å²) in [4.78, 5) is 29.6. The second-order valence-corrected chi connectivity index (χ2v) is 7.74. The number of amides is 1. The molecule has 8 nitrogen and oxygen atoms in total. The molecule has 0 radical (unpaired) electrons. The molecule has 0 aliphatic carbocycles. The van der Waals surface area contributed by atoms with Gasteiger partial charge in [0.2, 0.25) is 5.91 Å². The maximum absolute atomic E-state index is 14.3. The van der Waals surface area contributed by atoms with Crippen LogP contribution in [0.3, 0.4) is 0 Å². The molecule has 4 rings (SSSR count). The molecule has 1 aliphatic heterocycles. The van der Waals surface area contributed by atoms with Gasteiger partial charge >= 0.3 is 0 Å². The molecule has 158 valence electrons. The van der Waals surface area contributed by atoms with E-state index in [0.29, 0.717) is 35.1 Å². The SMILES string of the molecule is COCC(=O)N1CCCC(CNc2nc(-c3c[nH]c4ncc(Cl)cc34)ncc2F)C1. The number of nitrogens with zero attached hydrogens (tertiary/aromatic N) is 4. The number of methoxy groups -OCH3 is 1. The number of ether oxygens (including phenoxy) is 1. The summed E-state index contributed by atoms with van der Waals surface area (Å²) in [6.07, 6.45) is 6.29. The number of fused-ring (bicyclic) bond motifs is 1. The predicted octanol–water partition coefficient (Wildman–Crippen LogP) is 3.11. The lowest BCUT2D eigenvalue weighted by atomic mass is 9.98. The molecule has 0 aromatic carbocycles. The minimum atomic E-state index is -0.530. The number of halogens is 2. The molecule has 0 saturated carbocycles. The number of carbonyl (C=O) groups is 1. The number of aromatic nitrogens is 4. The fourth-order valence-electron chi connectivity index (χ4n) is 3.70. The summed E-state index contributed by atoms with van der Waals surface area (Å²) in [5.74, 6) is 0.148. The van der Waals surface area contributed by atoms with Crippen LogP contribution in [0, 0.1) is 11.7 Å². The average Bonchev–Trinajstić information content (AvgIpc) is 3.16. The van der Waals surface area contributed by atoms with Gasteiger partial charge in [0.05, 0.1) is 11.2 Å². The first kappa shape index (κ1) is 20.5. The van der Waals surface area contributed by atoms with Gasteiger partial charge in [-0.15, -0.1) is 0 Å². The lowest BCUT2D eigenvalue weighted by Gasteiger charge is -2.32. The Morgan fingerprint density at radius 3 is 3.13 bits per heavy atom. The summed E-state index contributed by atoms with van der Waals surface area (Å²) in [5.41, 5.74) is 1.34. The zero-order valence-electron chi connectivity index (χ0n) is 16.5. The van der Waals surface area contributed by atoms with Gasteiger partial charge in [-0.05, 0) is 24.8 Å². The van der Waals surface area contributed by atoms with Crippen molar-refractivity contribution in [3.05, 3.63) is 35.5 Å². The van der Waals surface area contributed by atoms with Crippen LogP contribution in [0.1, 0.15) is 12.8 Å². The highest BCUT2D eigenvalue weighted by Crippen LogP contribution is 2.28. The zero-order valence-corrected chi connectivity index (χ0v) is 17.2. The molecule has 3 aromatic rings. The van der Waals surface area contributed by atoms with Crippen molar-refractivity contribution < 1.29 is 13.9 Å². The standard InChI is InChI=1S/C20H22ClFN6O2/c1-30-11-17(29)28-4-2-3-12(10-28)6-23-20-16(22)9-26-19(27-20)15-8-25-18-14(15)5-13(21)7-24-18/h5,7-9,12H,2-4,6,10-11H2,1H3,(H,24,25)(H,23,26,27). The Kier molecular flexibility index (Phi) is 6.10. The Morgan fingerprint density at radius 2 is 2.30 bits per heavy atom. The fraction of sp³-hybridized carbons (Fsp3) is 0.400. The first-order chi connectivity index (χ1) is 14.5. The van der Waals surface area contributed by atoms with Gasteiger partial charge in [-0.3, -0.25) is 4.79 Å². The number of hydrogen-bond acceptors (Lipinski definition) is 6. The number of hydrogen-bond donors (Lipinski definition) is 2. The maximum atomic E-state index is 14.3. The van der Waals surface area contributed by atoms with Crippen LogP contribution < -0.4 is 5.32 Å². The van der Waals surface area contributed by atoms with Crippen molar-refractivity contribution in [3.63, 3.8) is 0 Å². The second kappa shape index (κ2) is 8.93. The molecule has 1 saturated heterocycles. The number of aromatic amines is 1. The van der Waals surface area contributed by atoms with Gasteiger partial charge in [-0.1, -0.05) is 11.6 Å². The van der Waals surface area contributed by atoms with Crippen molar-refractivity contribution in [3.8, 4) is 11.4 Å². The van der Waals surface area contributed by atoms with Crippen LogP contribution in [0.5, 0.6) is 0 Å². The highest BCUT2D eigenvalue weighted by atomic mass is 35.5. The van der Waals surface area contributed by atoms with Crippen molar-refractivity contribution in [2.45, 2.75) is 12.8 Å². The predicted molar refractivity (Wildman–Crippen MR) is 112 cm³/mol. The third-order valence-electron chi connectivity index (χ3n) is 5.18. The zero-order chi connectivity index (χ0) is 21.1. The fourth-order valence-corrected chi connectivity index (χ4v) is 3.86. The Bertz CT molecular complexity index is 1060. The van der Waals surface area contributed by atoms with Crippen molar-refractivity contribution in [2.75, 3.05) is 38.7 Å². The van der Waals surface area contributed by atoms with Gasteiger partial charge in [0.15, 0.2) is 17.5 Å². The number of carbonyl (C=O) groups excluding carboxylic acids is 1. The smallest absolute Gasteiger partial charge is 0.248 e. The van der Waals surface area contributed by atoms with Crippen LogP contribution in [0.2, 0.25) is 5.02 Å². The van der Waals surface area contributed by atoms with E-state index in [2.05, 4.69) is 25.3 Å². The van der Waals surface area contributed by atoms with Crippen molar-refractivity contribution in [2.24, 2.45) is 5.92 Å². The molecular weight excluding hydrogens is 411 g/mol. The second-order valence-electron chi connectivity index (χ2n) is 7.30. The third-order valence-corrected chi connectivity index (χ3v) is 5.39. The largest absolute Gasteiger partial charge is 0.375 e. The molecule has 1 unspecified atom stereocenters. The van der Waals surface area contributed by atoms with E-state index in [4.69, 9.17) is 16.3 Å². The molecule has 1 amide bonds. The number of piperidine rings is 1. The van der Waals surface area contributed by atoms with Crippen LogP contribution >= 0.6 is 11.6 Å². The molecule has 0 bridgehead atoms. The molecule has 1 aliphatic rings. The number of likely N-dealkylation sites (tertiary alicyclic amines) is 1. The minimum absolute atomic E-state index is 0.0238. The van der Waals surface area contributed by atoms with E-state index in [9.17, 15) is 9.18 Å². The van der Waals surface area contributed by atoms with Crippen molar-refractivity contribution >= 4 is 34.4 Å². The van der Waals surface area contributed by atoms with E-state index < -0.39 is 5.82 Å². The normalized spacial score (nSPS) is 16.8. The Labute approximate surface area is 177 Å². The van der Waals surface area contributed by atoms with Gasteiger partial charge in [0, 0.05) is 50.1 Å². The summed E-state index contributed by atoms with van der Waals surface area (Å²) in [6.45, 7) is 1.92. The van der Waals surface area contributed by atoms with Gasteiger partial charge in [-0.2, -0.15) is 0 Å². The highest BCUT2D eigenvalue weighted by Gasteiger charge is 2.24. The first-order valence-corrected chi connectivity index (χ1v) is 10.1. The van der Waals surface area contributed by atoms with Gasteiger partial charge < -0.3 is 19.9 Å². The monoisotopic (exact) mass is 432 g/mol. The molecular formula is C20H22ClFN6O2. The lowest BCUT2D eigenvalue weighted by molar-refractivity contribution is -0.136. The number of nitrogens with one attached hydrogen (secondary N) is 2. The van der Waals surface area contributed by atoms with E-state index in [1.165, 1.54) is 7.11 Å². The van der Waals surface area contributed by atoms with Crippen LogP contribution in [-0.4, -0.2) is 64.1 Å². The molecule has 0 spiro atoms. The van der Waals surface area contributed by atoms with Crippen LogP contribution in [0.4, 0.5) is 10.2 Å². The summed E-state index contributed by atoms with van der Waals surface area (Å²) >= 11 is 6.06. The number of rotatable bonds is 6. The van der Waals surface area contributed by atoms with Crippen molar-refractivity contribution in [1.29, 1.82) is 0 Å². The van der Waals surface area contributed by atoms with E-state index in [-0.39, 0.29) is 24.2 Å². The third kappa shape index (κ3) is 4.36. The summed E-state index contributed by atoms with van der Waals surface area (Å²) in [5, 5.41) is 4.35. The summed E-state index contributed by atoms with van der Waals surface area (Å²) < 4.78 is 19.3. The lowest BCUT2D eigenvalue weighted by Crippen LogP contribution is -2.43. The first-order valence-electron chi connectivity index (χ1n) is 9.71. The number of pyridine rings is 1. The van der Waals surface area contributed by atoms with Crippen LogP contribution in [0.15, 0.2) is 24.7 Å². The topological polar surface area (TPSA) is 96.0 Å². The quantitative estimate of drug-likeness (QED) is 0.621. The molecule has 30 heavy (non-hydrogen) atoms. The summed E-state index contributed by atoms with van der Waals surface area (Å²) in [6, 6.07) is 1.77. The van der Waals surface area contributed by atoms with E-state index in [0.717, 1.165) is 31.0 Å². The Morgan fingerprint density at radius 1 is 1.43 bits per heavy atom. The maximum Gasteiger partial charge on any atom is 0.248 e. The Hall–Kier alpha value is -2.78. The highest BCUT2D eigenvalue weighted by molar-refractivity contribution is 6.31. The molecule has 10 heteroatoms. The van der Waals surface area contributed by atoms with E-state index in [1.807, 2.05) is 0 Å². The van der Waals surface area contributed by atoms with Crippen LogP contribution in [-0.2, 0) is 9.53 Å². The minimum Gasteiger partial charge on any atom is -0.375 e. The average molecular weight is 433 g/mol. The van der Waals surface area contributed by atoms with Crippen LogP contribution in [0.25, 0.3) is 22.4 Å². The Balaban J connectivity index is 1.49. The number of H-pyrrole nitrogens is 1. The molecule has 1 atom stereocenters. The van der Waals surface area contributed by atoms with Gasteiger partial charge in [0.25, 0.3) is 0 Å². The molecule has 2 N–H and O–H groups in total. The summed E-state index contributed by atoms with van der Waals surface area (Å²) in [7, 11) is 1.51.